The molecule has 1 rings (SSSR count). The van der Waals surface area contributed by atoms with Crippen molar-refractivity contribution < 1.29 is 29.1 Å². The molecule has 1 atom stereocenters. The van der Waals surface area contributed by atoms with Crippen LogP contribution < -0.4 is 5.48 Å². The van der Waals surface area contributed by atoms with Crippen LogP contribution >= 0.6 is 0 Å². The van der Waals surface area contributed by atoms with E-state index in [2.05, 4.69) is 4.84 Å². The predicted octanol–water partition coefficient (Wildman–Crippen LogP) is 1.90. The predicted molar refractivity (Wildman–Crippen MR) is 85.0 cm³/mol. The van der Waals surface area contributed by atoms with Crippen molar-refractivity contribution in [2.75, 3.05) is 0 Å². The molecular weight excluding hydrogens is 314 g/mol. The quantitative estimate of drug-likeness (QED) is 0.702. The van der Waals surface area contributed by atoms with E-state index in [1.807, 2.05) is 5.48 Å². The van der Waals surface area contributed by atoms with Gasteiger partial charge in [0.1, 0.15) is 5.78 Å². The number of carbonyl (C=O) groups is 4. The number of Topliss-reactive ketones (excluding diaryl/α,β-unsaturated/α-hetero) is 1. The van der Waals surface area contributed by atoms with Gasteiger partial charge in [-0.25, -0.2) is 9.59 Å². The highest BCUT2D eigenvalue weighted by molar-refractivity contribution is 5.87. The molecule has 0 aliphatic heterocycles. The van der Waals surface area contributed by atoms with Crippen molar-refractivity contribution >= 4 is 23.6 Å². The lowest BCUT2D eigenvalue weighted by Crippen LogP contribution is -2.27. The van der Waals surface area contributed by atoms with Gasteiger partial charge in [-0.3, -0.25) is 9.59 Å². The largest absolute Gasteiger partial charge is 0.478 e. The lowest BCUT2D eigenvalue weighted by atomic mass is 9.91. The zero-order valence-corrected chi connectivity index (χ0v) is 13.7. The van der Waals surface area contributed by atoms with Crippen LogP contribution in [0.3, 0.4) is 0 Å². The lowest BCUT2D eigenvalue weighted by Gasteiger charge is -2.14. The van der Waals surface area contributed by atoms with Gasteiger partial charge in [-0.05, 0) is 37.5 Å². The number of carboxylic acid groups (broad SMARTS) is 1. The monoisotopic (exact) mass is 335 g/mol. The molecule has 0 aliphatic rings. The van der Waals surface area contributed by atoms with Crippen molar-refractivity contribution in [1.82, 2.24) is 5.48 Å². The summed E-state index contributed by atoms with van der Waals surface area (Å²) in [4.78, 5) is 49.8. The SMILES string of the molecule is CCC(=O)ONC(=O)CCC(Cc1cccc(C(=O)O)c1)C(C)=O. The first-order valence-corrected chi connectivity index (χ1v) is 7.64. The van der Waals surface area contributed by atoms with E-state index in [1.165, 1.54) is 19.1 Å². The molecule has 0 saturated carbocycles. The Morgan fingerprint density at radius 3 is 2.54 bits per heavy atom. The summed E-state index contributed by atoms with van der Waals surface area (Å²) in [6.07, 6.45) is 0.802. The number of nitrogens with one attached hydrogen (secondary N) is 1. The summed E-state index contributed by atoms with van der Waals surface area (Å²) in [7, 11) is 0. The Kier molecular flexibility index (Phi) is 7.61. The number of hydrogen-bond donors (Lipinski definition) is 2. The number of carboxylic acids is 1. The number of ketones is 1. The van der Waals surface area contributed by atoms with Crippen molar-refractivity contribution in [1.29, 1.82) is 0 Å². The molecular formula is C17H21NO6. The molecule has 0 saturated heterocycles. The molecule has 0 fully saturated rings. The highest BCUT2D eigenvalue weighted by Crippen LogP contribution is 2.17. The number of aromatic carboxylic acids is 1. The van der Waals surface area contributed by atoms with Gasteiger partial charge in [0.05, 0.1) is 5.56 Å². The number of hydrogen-bond acceptors (Lipinski definition) is 5. The maximum atomic E-state index is 11.8. The van der Waals surface area contributed by atoms with E-state index in [4.69, 9.17) is 5.11 Å². The molecule has 1 amide bonds. The third-order valence-corrected chi connectivity index (χ3v) is 3.52. The van der Waals surface area contributed by atoms with Gasteiger partial charge in [0.25, 0.3) is 5.91 Å². The summed E-state index contributed by atoms with van der Waals surface area (Å²) in [5.41, 5.74) is 2.91. The maximum absolute atomic E-state index is 11.8. The Balaban J connectivity index is 2.60. The molecule has 0 spiro atoms. The first-order chi connectivity index (χ1) is 11.3. The smallest absolute Gasteiger partial charge is 0.335 e. The Hall–Kier alpha value is -2.70. The first kappa shape index (κ1) is 19.3. The fourth-order valence-electron chi connectivity index (χ4n) is 2.11. The van der Waals surface area contributed by atoms with Gasteiger partial charge in [-0.2, -0.15) is 5.48 Å². The number of hydroxylamine groups is 1. The Morgan fingerprint density at radius 1 is 1.25 bits per heavy atom. The molecule has 7 heteroatoms. The highest BCUT2D eigenvalue weighted by Gasteiger charge is 2.18. The van der Waals surface area contributed by atoms with Crippen molar-refractivity contribution in [2.45, 2.75) is 39.5 Å². The molecule has 0 heterocycles. The molecule has 1 aromatic carbocycles. The molecule has 24 heavy (non-hydrogen) atoms. The topological polar surface area (TPSA) is 110 Å². The van der Waals surface area contributed by atoms with E-state index >= 15 is 0 Å². The van der Waals surface area contributed by atoms with Crippen molar-refractivity contribution in [3.63, 3.8) is 0 Å². The minimum atomic E-state index is -1.03. The van der Waals surface area contributed by atoms with E-state index in [0.29, 0.717) is 12.0 Å². The van der Waals surface area contributed by atoms with Crippen LogP contribution in [0.2, 0.25) is 0 Å². The zero-order chi connectivity index (χ0) is 18.1. The lowest BCUT2D eigenvalue weighted by molar-refractivity contribution is -0.158. The summed E-state index contributed by atoms with van der Waals surface area (Å²) in [6.45, 7) is 3.03. The van der Waals surface area contributed by atoms with Crippen LogP contribution in [0.1, 0.15) is 49.0 Å². The van der Waals surface area contributed by atoms with Gasteiger partial charge in [0.15, 0.2) is 0 Å². The summed E-state index contributed by atoms with van der Waals surface area (Å²) in [5, 5.41) is 8.99. The molecule has 0 radical (unpaired) electrons. The van der Waals surface area contributed by atoms with Gasteiger partial charge < -0.3 is 9.94 Å². The second kappa shape index (κ2) is 9.44. The molecule has 7 nitrogen and oxygen atoms in total. The Bertz CT molecular complexity index is 625. The van der Waals surface area contributed by atoms with E-state index in [0.717, 1.165) is 0 Å². The van der Waals surface area contributed by atoms with Crippen LogP contribution in [0.15, 0.2) is 24.3 Å². The van der Waals surface area contributed by atoms with Gasteiger partial charge in [0.2, 0.25) is 0 Å². The molecule has 0 aromatic heterocycles. The second-order valence-corrected chi connectivity index (χ2v) is 5.41. The molecule has 0 aliphatic carbocycles. The number of amides is 1. The van der Waals surface area contributed by atoms with Crippen molar-refractivity contribution in [2.24, 2.45) is 5.92 Å². The van der Waals surface area contributed by atoms with Gasteiger partial charge in [-0.15, -0.1) is 0 Å². The summed E-state index contributed by atoms with van der Waals surface area (Å²) in [6, 6.07) is 6.35. The fraction of sp³-hybridized carbons (Fsp3) is 0.412. The minimum absolute atomic E-state index is 0.0276. The summed E-state index contributed by atoms with van der Waals surface area (Å²) >= 11 is 0. The van der Waals surface area contributed by atoms with E-state index in [-0.39, 0.29) is 30.6 Å². The normalized spacial score (nSPS) is 11.4. The van der Waals surface area contributed by atoms with Crippen LogP contribution in [0.25, 0.3) is 0 Å². The fourth-order valence-corrected chi connectivity index (χ4v) is 2.11. The van der Waals surface area contributed by atoms with Crippen LogP contribution in [-0.4, -0.2) is 28.7 Å². The highest BCUT2D eigenvalue weighted by atomic mass is 16.7. The standard InChI is InChI=1S/C17H21NO6/c1-3-16(21)24-18-15(20)8-7-13(11(2)19)9-12-5-4-6-14(10-12)17(22)23/h4-6,10,13H,3,7-9H2,1-2H3,(H,18,20)(H,22,23). The van der Waals surface area contributed by atoms with Crippen LogP contribution in [0, 0.1) is 5.92 Å². The molecule has 1 aromatic rings. The number of benzene rings is 1. The zero-order valence-electron chi connectivity index (χ0n) is 13.7. The van der Waals surface area contributed by atoms with E-state index in [9.17, 15) is 19.2 Å². The molecule has 1 unspecified atom stereocenters. The molecule has 130 valence electrons. The van der Waals surface area contributed by atoms with Gasteiger partial charge in [-0.1, -0.05) is 19.1 Å². The summed E-state index contributed by atoms with van der Waals surface area (Å²) in [5.74, 6) is -2.57. The first-order valence-electron chi connectivity index (χ1n) is 7.64. The Morgan fingerprint density at radius 2 is 1.96 bits per heavy atom. The second-order valence-electron chi connectivity index (χ2n) is 5.41. The Labute approximate surface area is 140 Å². The molecule has 0 bridgehead atoms. The van der Waals surface area contributed by atoms with Gasteiger partial charge >= 0.3 is 11.9 Å². The summed E-state index contributed by atoms with van der Waals surface area (Å²) < 4.78 is 0. The minimum Gasteiger partial charge on any atom is -0.478 e. The number of rotatable bonds is 8. The third-order valence-electron chi connectivity index (χ3n) is 3.52. The third kappa shape index (κ3) is 6.60. The van der Waals surface area contributed by atoms with E-state index in [1.54, 1.807) is 19.1 Å². The van der Waals surface area contributed by atoms with Gasteiger partial charge in [0, 0.05) is 18.8 Å². The van der Waals surface area contributed by atoms with Crippen LogP contribution in [0.4, 0.5) is 0 Å². The van der Waals surface area contributed by atoms with E-state index < -0.39 is 23.8 Å². The average molecular weight is 335 g/mol. The molecule has 2 N–H and O–H groups in total. The van der Waals surface area contributed by atoms with Crippen LogP contribution in [0.5, 0.6) is 0 Å². The average Bonchev–Trinajstić information content (AvgIpc) is 2.56. The van der Waals surface area contributed by atoms with Crippen molar-refractivity contribution in [3.05, 3.63) is 35.4 Å². The number of carbonyl (C=O) groups excluding carboxylic acids is 3. The van der Waals surface area contributed by atoms with Crippen LogP contribution in [-0.2, 0) is 25.6 Å². The van der Waals surface area contributed by atoms with Crippen molar-refractivity contribution in [3.8, 4) is 0 Å². The maximum Gasteiger partial charge on any atom is 0.335 e.